The van der Waals surface area contributed by atoms with Gasteiger partial charge in [-0.25, -0.2) is 0 Å². The Kier molecular flexibility index (Phi) is 5.93. The van der Waals surface area contributed by atoms with Crippen LogP contribution in [-0.4, -0.2) is 26.2 Å². The zero-order chi connectivity index (χ0) is 10.3. The molecule has 0 aliphatic heterocycles. The molecule has 0 rings (SSSR count). The normalized spacial score (nSPS) is 9.85. The van der Waals surface area contributed by atoms with Crippen molar-refractivity contribution in [2.75, 3.05) is 14.2 Å². The molecule has 13 heavy (non-hydrogen) atoms. The summed E-state index contributed by atoms with van der Waals surface area (Å²) < 4.78 is 8.88. The van der Waals surface area contributed by atoms with E-state index in [4.69, 9.17) is 0 Å². The Morgan fingerprint density at radius 2 is 1.77 bits per heavy atom. The van der Waals surface area contributed by atoms with E-state index >= 15 is 0 Å². The van der Waals surface area contributed by atoms with Crippen LogP contribution in [0.3, 0.4) is 0 Å². The van der Waals surface area contributed by atoms with Crippen LogP contribution >= 0.6 is 0 Å². The van der Waals surface area contributed by atoms with Crippen LogP contribution in [0, 0.1) is 25.7 Å². The predicted octanol–water partition coefficient (Wildman–Crippen LogP) is 0.581. The van der Waals surface area contributed by atoms with Crippen LogP contribution in [0.1, 0.15) is 6.42 Å². The summed E-state index contributed by atoms with van der Waals surface area (Å²) in [6.07, 6.45) is 3.38. The van der Waals surface area contributed by atoms with Gasteiger partial charge >= 0.3 is 11.9 Å². The molecule has 0 saturated heterocycles. The van der Waals surface area contributed by atoms with Crippen LogP contribution in [0.15, 0.2) is 0 Å². The molecule has 0 N–H and O–H groups in total. The van der Waals surface area contributed by atoms with Gasteiger partial charge in [-0.05, 0) is 26.2 Å². The van der Waals surface area contributed by atoms with Gasteiger partial charge in [-0.1, -0.05) is 0 Å². The van der Waals surface area contributed by atoms with Crippen molar-refractivity contribution >= 4 is 11.9 Å². The highest BCUT2D eigenvalue weighted by Gasteiger charge is 2.27. The zero-order valence-electron chi connectivity index (χ0n) is 7.78. The van der Waals surface area contributed by atoms with Gasteiger partial charge in [0.05, 0.1) is 14.2 Å². The molecular weight excluding hydrogens is 172 g/mol. The third kappa shape index (κ3) is 3.92. The summed E-state index contributed by atoms with van der Waals surface area (Å²) in [5, 5.41) is 0. The fourth-order valence-electron chi connectivity index (χ4n) is 0.806. The number of carbonyl (C=O) groups excluding carboxylic acids is 2. The average Bonchev–Trinajstić information content (AvgIpc) is 2.17. The van der Waals surface area contributed by atoms with Crippen LogP contribution in [0.5, 0.6) is 0 Å². The van der Waals surface area contributed by atoms with Gasteiger partial charge in [-0.15, -0.1) is 0 Å². The summed E-state index contributed by atoms with van der Waals surface area (Å²) in [6.45, 7) is 3.44. The van der Waals surface area contributed by atoms with Crippen LogP contribution < -0.4 is 0 Å². The molecule has 0 amide bonds. The molecule has 0 aromatic heterocycles. The van der Waals surface area contributed by atoms with Crippen molar-refractivity contribution in [2.45, 2.75) is 6.42 Å². The molecular formula is C9H13O4. The number of rotatable bonds is 5. The van der Waals surface area contributed by atoms with Gasteiger partial charge in [-0.2, -0.15) is 0 Å². The summed E-state index contributed by atoms with van der Waals surface area (Å²) in [7, 11) is 2.46. The maximum absolute atomic E-state index is 11.0. The van der Waals surface area contributed by atoms with Gasteiger partial charge in [0, 0.05) is 0 Å². The minimum Gasteiger partial charge on any atom is -0.468 e. The van der Waals surface area contributed by atoms with Gasteiger partial charge in [-0.3, -0.25) is 9.59 Å². The van der Waals surface area contributed by atoms with Gasteiger partial charge in [0.25, 0.3) is 0 Å². The molecule has 3 radical (unpaired) electrons. The standard InChI is InChI=1S/C9H13O4/c1-4-5-6-7(8(10)12-2)9(11)13-3/h4-5,7H,1,6H2,2-3H3. The zero-order valence-corrected chi connectivity index (χ0v) is 7.78. The molecule has 4 nitrogen and oxygen atoms in total. The van der Waals surface area contributed by atoms with Crippen molar-refractivity contribution in [1.29, 1.82) is 0 Å². The predicted molar refractivity (Wildman–Crippen MR) is 46.1 cm³/mol. The van der Waals surface area contributed by atoms with E-state index in [1.807, 2.05) is 0 Å². The van der Waals surface area contributed by atoms with E-state index < -0.39 is 17.9 Å². The Morgan fingerprint density at radius 1 is 1.31 bits per heavy atom. The monoisotopic (exact) mass is 185 g/mol. The summed E-state index contributed by atoms with van der Waals surface area (Å²) in [5.41, 5.74) is 0. The fourth-order valence-corrected chi connectivity index (χ4v) is 0.806. The quantitative estimate of drug-likeness (QED) is 0.464. The first kappa shape index (κ1) is 11.9. The molecule has 73 valence electrons. The molecule has 0 atom stereocenters. The van der Waals surface area contributed by atoms with Gasteiger partial charge in [0.1, 0.15) is 0 Å². The van der Waals surface area contributed by atoms with Crippen molar-refractivity contribution < 1.29 is 19.1 Å². The summed E-state index contributed by atoms with van der Waals surface area (Å²) in [5.74, 6) is -2.07. The van der Waals surface area contributed by atoms with E-state index in [9.17, 15) is 9.59 Å². The maximum atomic E-state index is 11.0. The van der Waals surface area contributed by atoms with Gasteiger partial charge in [0.15, 0.2) is 5.92 Å². The highest BCUT2D eigenvalue weighted by molar-refractivity contribution is 5.94. The number of carbonyl (C=O) groups is 2. The molecule has 0 spiro atoms. The highest BCUT2D eigenvalue weighted by atomic mass is 16.5. The smallest absolute Gasteiger partial charge is 0.320 e. The first-order chi connectivity index (χ1) is 6.17. The third-order valence-corrected chi connectivity index (χ3v) is 1.51. The topological polar surface area (TPSA) is 52.6 Å². The van der Waals surface area contributed by atoms with E-state index in [0.717, 1.165) is 0 Å². The first-order valence-corrected chi connectivity index (χ1v) is 3.77. The van der Waals surface area contributed by atoms with E-state index in [2.05, 4.69) is 16.4 Å². The average molecular weight is 185 g/mol. The lowest BCUT2D eigenvalue weighted by Gasteiger charge is -2.10. The van der Waals surface area contributed by atoms with Crippen LogP contribution in [0.4, 0.5) is 0 Å². The lowest BCUT2D eigenvalue weighted by molar-refractivity contribution is -0.158. The molecule has 4 heteroatoms. The molecule has 0 heterocycles. The highest BCUT2D eigenvalue weighted by Crippen LogP contribution is 2.10. The van der Waals surface area contributed by atoms with Crippen LogP contribution in [-0.2, 0) is 19.1 Å². The number of hydrogen-bond donors (Lipinski definition) is 0. The largest absolute Gasteiger partial charge is 0.468 e. The van der Waals surface area contributed by atoms with Crippen molar-refractivity contribution in [1.82, 2.24) is 0 Å². The van der Waals surface area contributed by atoms with Crippen LogP contribution in [0.25, 0.3) is 0 Å². The van der Waals surface area contributed by atoms with Gasteiger partial charge < -0.3 is 9.47 Å². The van der Waals surface area contributed by atoms with E-state index in [1.165, 1.54) is 20.6 Å². The van der Waals surface area contributed by atoms with Crippen molar-refractivity contribution in [3.05, 3.63) is 19.8 Å². The minimum absolute atomic E-state index is 0.253. The Balaban J connectivity index is 4.18. The number of esters is 2. The number of hydrogen-bond acceptors (Lipinski definition) is 4. The van der Waals surface area contributed by atoms with Crippen LogP contribution in [0.2, 0.25) is 0 Å². The number of methoxy groups -OCH3 is 2. The molecule has 0 unspecified atom stereocenters. The Bertz CT molecular complexity index is 160. The lowest BCUT2D eigenvalue weighted by atomic mass is 10.0. The minimum atomic E-state index is -0.881. The maximum Gasteiger partial charge on any atom is 0.320 e. The summed E-state index contributed by atoms with van der Waals surface area (Å²) in [4.78, 5) is 22.1. The third-order valence-electron chi connectivity index (χ3n) is 1.51. The molecule has 0 aliphatic carbocycles. The molecule has 0 aromatic rings. The van der Waals surface area contributed by atoms with Crippen molar-refractivity contribution in [3.63, 3.8) is 0 Å². The Labute approximate surface area is 78.2 Å². The summed E-state index contributed by atoms with van der Waals surface area (Å²) in [6, 6.07) is 0. The second-order valence-electron chi connectivity index (χ2n) is 2.31. The number of unbranched alkanes of at least 4 members (excludes halogenated alkanes) is 1. The second kappa shape index (κ2) is 6.46. The fraction of sp³-hybridized carbons (Fsp3) is 0.444. The van der Waals surface area contributed by atoms with Gasteiger partial charge in [0.2, 0.25) is 0 Å². The first-order valence-electron chi connectivity index (χ1n) is 3.77. The van der Waals surface area contributed by atoms with E-state index in [0.29, 0.717) is 0 Å². The van der Waals surface area contributed by atoms with Crippen molar-refractivity contribution in [3.8, 4) is 0 Å². The van der Waals surface area contributed by atoms with Crippen molar-refractivity contribution in [2.24, 2.45) is 5.92 Å². The van der Waals surface area contributed by atoms with E-state index in [-0.39, 0.29) is 6.42 Å². The Morgan fingerprint density at radius 3 is 2.08 bits per heavy atom. The second-order valence-corrected chi connectivity index (χ2v) is 2.31. The Hall–Kier alpha value is -1.06. The molecule has 0 saturated carbocycles. The summed E-state index contributed by atoms with van der Waals surface area (Å²) >= 11 is 0. The molecule has 0 aliphatic rings. The molecule has 0 bridgehead atoms. The van der Waals surface area contributed by atoms with E-state index in [1.54, 1.807) is 6.42 Å². The molecule has 0 fully saturated rings. The number of ether oxygens (including phenoxy) is 2. The lowest BCUT2D eigenvalue weighted by Crippen LogP contribution is -2.26. The SMILES string of the molecule is [CH2][CH][CH]CC(C(=O)OC)C(=O)OC. The molecule has 0 aromatic carbocycles.